The highest BCUT2D eigenvalue weighted by Crippen LogP contribution is 2.00. The topological polar surface area (TPSA) is 159 Å². The van der Waals surface area contributed by atoms with Crippen LogP contribution in [0.5, 0.6) is 0 Å². The predicted octanol–water partition coefficient (Wildman–Crippen LogP) is -1.77. The average Bonchev–Trinajstić information content (AvgIpc) is 2.41. The fraction of sp³-hybridized carbons (Fsp3) is 0.636. The highest BCUT2D eigenvalue weighted by atomic mass is 32.2. The van der Waals surface area contributed by atoms with Crippen molar-refractivity contribution in [2.24, 2.45) is 5.73 Å². The van der Waals surface area contributed by atoms with Gasteiger partial charge in [0.15, 0.2) is 0 Å². The number of carboxylic acids is 2. The zero-order valence-corrected chi connectivity index (χ0v) is 12.3. The Morgan fingerprint density at radius 3 is 2.33 bits per heavy atom. The number of hydrogen-bond acceptors (Lipinski definition) is 6. The maximum Gasteiger partial charge on any atom is 0.322 e. The van der Waals surface area contributed by atoms with Crippen LogP contribution in [-0.4, -0.2) is 64.6 Å². The van der Waals surface area contributed by atoms with Crippen LogP contribution in [0.15, 0.2) is 0 Å². The van der Waals surface area contributed by atoms with Crippen LogP contribution in [0.25, 0.3) is 0 Å². The molecule has 0 aliphatic rings. The van der Waals surface area contributed by atoms with Crippen molar-refractivity contribution in [1.82, 2.24) is 10.6 Å². The van der Waals surface area contributed by atoms with E-state index >= 15 is 0 Å². The van der Waals surface area contributed by atoms with Gasteiger partial charge in [-0.25, -0.2) is 0 Å². The Balaban J connectivity index is 4.35. The number of rotatable bonds is 10. The van der Waals surface area contributed by atoms with E-state index < -0.39 is 42.4 Å². The molecule has 120 valence electrons. The number of nitrogens with one attached hydrogen (secondary N) is 2. The number of hydrogen-bond donors (Lipinski definition) is 5. The van der Waals surface area contributed by atoms with E-state index in [0.29, 0.717) is 0 Å². The van der Waals surface area contributed by atoms with Crippen molar-refractivity contribution in [3.63, 3.8) is 0 Å². The minimum Gasteiger partial charge on any atom is -0.480 e. The third kappa shape index (κ3) is 8.87. The summed E-state index contributed by atoms with van der Waals surface area (Å²) in [6, 6.07) is -2.02. The summed E-state index contributed by atoms with van der Waals surface area (Å²) in [4.78, 5) is 44.2. The molecule has 0 aliphatic carbocycles. The molecule has 0 aliphatic heterocycles. The van der Waals surface area contributed by atoms with E-state index in [1.165, 1.54) is 11.8 Å². The van der Waals surface area contributed by atoms with Gasteiger partial charge in [0.25, 0.3) is 0 Å². The first-order valence-corrected chi connectivity index (χ1v) is 7.43. The molecule has 0 fully saturated rings. The molecule has 0 aromatic heterocycles. The zero-order valence-electron chi connectivity index (χ0n) is 11.5. The minimum absolute atomic E-state index is 0.0517. The lowest BCUT2D eigenvalue weighted by molar-refractivity contribution is -0.139. The molecule has 0 unspecified atom stereocenters. The van der Waals surface area contributed by atoms with Gasteiger partial charge in [0, 0.05) is 12.2 Å². The second kappa shape index (κ2) is 10.00. The van der Waals surface area contributed by atoms with Crippen molar-refractivity contribution in [3.8, 4) is 0 Å². The van der Waals surface area contributed by atoms with Crippen molar-refractivity contribution in [2.75, 3.05) is 18.6 Å². The molecule has 0 rings (SSSR count). The fourth-order valence-corrected chi connectivity index (χ4v) is 1.88. The third-order valence-corrected chi connectivity index (χ3v) is 3.07. The van der Waals surface area contributed by atoms with E-state index in [9.17, 15) is 19.2 Å². The molecule has 9 nitrogen and oxygen atoms in total. The Morgan fingerprint density at radius 2 is 1.86 bits per heavy atom. The molecule has 0 aromatic rings. The molecule has 2 atom stereocenters. The lowest BCUT2D eigenvalue weighted by Crippen LogP contribution is -2.49. The molecule has 10 heteroatoms. The van der Waals surface area contributed by atoms with Crippen LogP contribution in [-0.2, 0) is 19.2 Å². The summed E-state index contributed by atoms with van der Waals surface area (Å²) in [5, 5.41) is 21.7. The maximum atomic E-state index is 11.7. The van der Waals surface area contributed by atoms with Gasteiger partial charge in [0.05, 0.1) is 0 Å². The Kier molecular flexibility index (Phi) is 9.13. The summed E-state index contributed by atoms with van der Waals surface area (Å²) in [6.07, 6.45) is 1.54. The van der Waals surface area contributed by atoms with Gasteiger partial charge in [0.2, 0.25) is 11.8 Å². The number of aliphatic carboxylic acids is 2. The van der Waals surface area contributed by atoms with Gasteiger partial charge >= 0.3 is 11.9 Å². The summed E-state index contributed by atoms with van der Waals surface area (Å²) < 4.78 is 0. The first kappa shape index (κ1) is 19.2. The second-order valence-electron chi connectivity index (χ2n) is 4.17. The average molecular weight is 321 g/mol. The summed E-state index contributed by atoms with van der Waals surface area (Å²) in [7, 11) is 0. The van der Waals surface area contributed by atoms with Crippen LogP contribution >= 0.6 is 11.8 Å². The molecular formula is C11H19N3O6S. The highest BCUT2D eigenvalue weighted by Gasteiger charge is 2.21. The molecule has 6 N–H and O–H groups in total. The van der Waals surface area contributed by atoms with Crippen molar-refractivity contribution in [2.45, 2.75) is 24.9 Å². The molecular weight excluding hydrogens is 302 g/mol. The van der Waals surface area contributed by atoms with E-state index in [1.54, 1.807) is 6.26 Å². The monoisotopic (exact) mass is 321 g/mol. The molecule has 0 saturated carbocycles. The molecule has 0 radical (unpaired) electrons. The third-order valence-electron chi connectivity index (χ3n) is 2.40. The molecule has 2 amide bonds. The molecule has 0 heterocycles. The van der Waals surface area contributed by atoms with Crippen LogP contribution in [0.4, 0.5) is 0 Å². The smallest absolute Gasteiger partial charge is 0.322 e. The van der Waals surface area contributed by atoms with Gasteiger partial charge < -0.3 is 26.6 Å². The maximum absolute atomic E-state index is 11.7. The number of carbonyl (C=O) groups excluding carboxylic acids is 2. The zero-order chi connectivity index (χ0) is 16.4. The Hall–Kier alpha value is -1.81. The standard InChI is InChI=1S/C11H19N3O6S/c1-21-5-7(10(18)13-4-9(16)17)14-8(15)3-2-6(12)11(19)20/h6-7H,2-5,12H2,1H3,(H,13,18)(H,14,15)(H,16,17)(H,19,20)/t6-,7-/m1/s1. The van der Waals surface area contributed by atoms with Gasteiger partial charge in [-0.2, -0.15) is 11.8 Å². The van der Waals surface area contributed by atoms with Crippen molar-refractivity contribution < 1.29 is 29.4 Å². The van der Waals surface area contributed by atoms with Crippen LogP contribution in [0.1, 0.15) is 12.8 Å². The molecule has 21 heavy (non-hydrogen) atoms. The van der Waals surface area contributed by atoms with Gasteiger partial charge in [-0.3, -0.25) is 19.2 Å². The molecule has 0 aromatic carbocycles. The van der Waals surface area contributed by atoms with Crippen LogP contribution in [0.2, 0.25) is 0 Å². The molecule has 0 saturated heterocycles. The van der Waals surface area contributed by atoms with Crippen LogP contribution in [0.3, 0.4) is 0 Å². The van der Waals surface area contributed by atoms with Gasteiger partial charge in [-0.1, -0.05) is 0 Å². The van der Waals surface area contributed by atoms with Crippen LogP contribution < -0.4 is 16.4 Å². The Bertz CT molecular complexity index is 403. The SMILES string of the molecule is CSC[C@@H](NC(=O)CC[C@@H](N)C(=O)O)C(=O)NCC(=O)O. The van der Waals surface area contributed by atoms with E-state index in [2.05, 4.69) is 10.6 Å². The van der Waals surface area contributed by atoms with E-state index in [-0.39, 0.29) is 18.6 Å². The van der Waals surface area contributed by atoms with E-state index in [4.69, 9.17) is 15.9 Å². The van der Waals surface area contributed by atoms with Crippen LogP contribution in [0, 0.1) is 0 Å². The van der Waals surface area contributed by atoms with Gasteiger partial charge in [-0.05, 0) is 12.7 Å². The number of amides is 2. The highest BCUT2D eigenvalue weighted by molar-refractivity contribution is 7.98. The van der Waals surface area contributed by atoms with Crippen molar-refractivity contribution >= 4 is 35.5 Å². The first-order valence-electron chi connectivity index (χ1n) is 6.04. The number of thioether (sulfide) groups is 1. The second-order valence-corrected chi connectivity index (χ2v) is 5.08. The summed E-state index contributed by atoms with van der Waals surface area (Å²) in [6.45, 7) is -0.538. The van der Waals surface area contributed by atoms with Crippen molar-refractivity contribution in [1.29, 1.82) is 0 Å². The Morgan fingerprint density at radius 1 is 1.24 bits per heavy atom. The largest absolute Gasteiger partial charge is 0.480 e. The molecule has 0 spiro atoms. The Labute approximate surface area is 125 Å². The lowest BCUT2D eigenvalue weighted by Gasteiger charge is -2.17. The van der Waals surface area contributed by atoms with E-state index in [0.717, 1.165) is 0 Å². The summed E-state index contributed by atoms with van der Waals surface area (Å²) in [5.74, 6) is -3.26. The summed E-state index contributed by atoms with van der Waals surface area (Å²) >= 11 is 1.30. The fourth-order valence-electron chi connectivity index (χ4n) is 1.31. The number of carbonyl (C=O) groups is 4. The number of carboxylic acid groups (broad SMARTS) is 2. The quantitative estimate of drug-likeness (QED) is 0.316. The van der Waals surface area contributed by atoms with Gasteiger partial charge in [0.1, 0.15) is 18.6 Å². The first-order chi connectivity index (χ1) is 9.77. The number of nitrogens with two attached hydrogens (primary N) is 1. The van der Waals surface area contributed by atoms with E-state index in [1.807, 2.05) is 0 Å². The van der Waals surface area contributed by atoms with Crippen molar-refractivity contribution in [3.05, 3.63) is 0 Å². The predicted molar refractivity (Wildman–Crippen MR) is 75.8 cm³/mol. The minimum atomic E-state index is -1.21. The molecule has 0 bridgehead atoms. The summed E-state index contributed by atoms with van der Waals surface area (Å²) in [5.41, 5.74) is 5.27. The normalized spacial score (nSPS) is 13.0. The lowest BCUT2D eigenvalue weighted by atomic mass is 10.1. The van der Waals surface area contributed by atoms with Gasteiger partial charge in [-0.15, -0.1) is 0 Å².